The molecular formula is C25H20ClN3O2S. The molecule has 160 valence electrons. The Hall–Kier alpha value is -3.22. The van der Waals surface area contributed by atoms with E-state index in [9.17, 15) is 9.90 Å². The molecule has 0 saturated heterocycles. The highest BCUT2D eigenvalue weighted by Crippen LogP contribution is 2.41. The molecule has 0 saturated carbocycles. The number of hydrogen-bond acceptors (Lipinski definition) is 4. The Bertz CT molecular complexity index is 1520. The van der Waals surface area contributed by atoms with Crippen LogP contribution in [-0.2, 0) is 18.3 Å². The third kappa shape index (κ3) is 3.45. The zero-order chi connectivity index (χ0) is 22.6. The quantitative estimate of drug-likeness (QED) is 0.335. The Morgan fingerprint density at radius 1 is 1.06 bits per heavy atom. The molecule has 5 nitrogen and oxygen atoms in total. The zero-order valence-corrected chi connectivity index (χ0v) is 19.4. The van der Waals surface area contributed by atoms with E-state index < -0.39 is 5.97 Å². The summed E-state index contributed by atoms with van der Waals surface area (Å²) in [6, 6.07) is 15.7. The minimum Gasteiger partial charge on any atom is -0.481 e. The van der Waals surface area contributed by atoms with Gasteiger partial charge in [-0.1, -0.05) is 23.7 Å². The van der Waals surface area contributed by atoms with Crippen LogP contribution in [0, 0.1) is 13.8 Å². The zero-order valence-electron chi connectivity index (χ0n) is 17.8. The summed E-state index contributed by atoms with van der Waals surface area (Å²) in [7, 11) is 1.94. The van der Waals surface area contributed by atoms with Crippen LogP contribution < -0.4 is 0 Å². The van der Waals surface area contributed by atoms with Crippen molar-refractivity contribution in [3.05, 3.63) is 70.4 Å². The Labute approximate surface area is 193 Å². The maximum Gasteiger partial charge on any atom is 0.307 e. The molecule has 0 unspecified atom stereocenters. The highest BCUT2D eigenvalue weighted by atomic mass is 35.5. The van der Waals surface area contributed by atoms with Crippen molar-refractivity contribution in [3.8, 4) is 21.7 Å². The van der Waals surface area contributed by atoms with E-state index in [1.165, 1.54) is 0 Å². The smallest absolute Gasteiger partial charge is 0.307 e. The Kier molecular flexibility index (Phi) is 4.99. The number of hydrogen-bond donors (Lipinski definition) is 1. The molecule has 2 heterocycles. The summed E-state index contributed by atoms with van der Waals surface area (Å²) in [5.74, 6) is -0.857. The van der Waals surface area contributed by atoms with Crippen molar-refractivity contribution in [1.29, 1.82) is 0 Å². The topological polar surface area (TPSA) is 68.0 Å². The lowest BCUT2D eigenvalue weighted by Crippen LogP contribution is -2.04. The number of rotatable bonds is 4. The number of carbonyl (C=O) groups is 1. The largest absolute Gasteiger partial charge is 0.481 e. The van der Waals surface area contributed by atoms with Crippen LogP contribution in [0.3, 0.4) is 0 Å². The monoisotopic (exact) mass is 461 g/mol. The number of carboxylic acid groups (broad SMARTS) is 1. The molecule has 3 aromatic carbocycles. The highest BCUT2D eigenvalue weighted by Gasteiger charge is 2.20. The number of aryl methyl sites for hydroxylation is 3. The van der Waals surface area contributed by atoms with Crippen LogP contribution in [0.15, 0.2) is 48.5 Å². The lowest BCUT2D eigenvalue weighted by molar-refractivity contribution is -0.136. The van der Waals surface area contributed by atoms with Crippen LogP contribution in [0.4, 0.5) is 0 Å². The van der Waals surface area contributed by atoms with Crippen LogP contribution >= 0.6 is 22.9 Å². The van der Waals surface area contributed by atoms with Crippen molar-refractivity contribution < 1.29 is 9.90 Å². The molecule has 32 heavy (non-hydrogen) atoms. The molecule has 0 spiro atoms. The van der Waals surface area contributed by atoms with Gasteiger partial charge in [-0.2, -0.15) is 5.10 Å². The lowest BCUT2D eigenvalue weighted by Gasteiger charge is -2.13. The molecule has 5 rings (SSSR count). The number of aliphatic carboxylic acids is 1. The summed E-state index contributed by atoms with van der Waals surface area (Å²) in [4.78, 5) is 16.6. The summed E-state index contributed by atoms with van der Waals surface area (Å²) >= 11 is 7.69. The maximum atomic E-state index is 11.6. The molecule has 0 bridgehead atoms. The average molecular weight is 462 g/mol. The first-order chi connectivity index (χ1) is 15.3. The van der Waals surface area contributed by atoms with Gasteiger partial charge in [-0.05, 0) is 66.9 Å². The van der Waals surface area contributed by atoms with Gasteiger partial charge in [0.25, 0.3) is 0 Å². The van der Waals surface area contributed by atoms with E-state index in [2.05, 4.69) is 18.1 Å². The fraction of sp³-hybridized carbons (Fsp3) is 0.160. The molecule has 2 aromatic heterocycles. The van der Waals surface area contributed by atoms with Gasteiger partial charge >= 0.3 is 5.97 Å². The highest BCUT2D eigenvalue weighted by molar-refractivity contribution is 7.22. The summed E-state index contributed by atoms with van der Waals surface area (Å²) in [5, 5.41) is 16.7. The number of carboxylic acids is 1. The van der Waals surface area contributed by atoms with Gasteiger partial charge < -0.3 is 5.11 Å². The molecule has 0 atom stereocenters. The van der Waals surface area contributed by atoms with Crippen molar-refractivity contribution in [2.45, 2.75) is 20.3 Å². The molecule has 7 heteroatoms. The molecule has 0 radical (unpaired) electrons. The molecule has 0 aliphatic rings. The first kappa shape index (κ1) is 20.7. The van der Waals surface area contributed by atoms with E-state index >= 15 is 0 Å². The van der Waals surface area contributed by atoms with Crippen molar-refractivity contribution in [2.75, 3.05) is 0 Å². The summed E-state index contributed by atoms with van der Waals surface area (Å²) in [6.45, 7) is 4.00. The first-order valence-corrected chi connectivity index (χ1v) is 11.4. The Morgan fingerprint density at radius 3 is 2.50 bits per heavy atom. The number of thiazole rings is 1. The Morgan fingerprint density at radius 2 is 1.78 bits per heavy atom. The summed E-state index contributed by atoms with van der Waals surface area (Å²) in [5.41, 5.74) is 7.52. The first-order valence-electron chi connectivity index (χ1n) is 10.2. The summed E-state index contributed by atoms with van der Waals surface area (Å²) in [6.07, 6.45) is -0.0478. The molecule has 0 aliphatic carbocycles. The van der Waals surface area contributed by atoms with Crippen LogP contribution in [0.25, 0.3) is 42.8 Å². The molecule has 0 amide bonds. The third-order valence-electron chi connectivity index (χ3n) is 5.85. The number of benzene rings is 3. The van der Waals surface area contributed by atoms with Crippen LogP contribution in [0.2, 0.25) is 5.02 Å². The molecule has 0 aliphatic heterocycles. The normalized spacial score (nSPS) is 11.5. The van der Waals surface area contributed by atoms with Crippen molar-refractivity contribution in [3.63, 3.8) is 0 Å². The lowest BCUT2D eigenvalue weighted by atomic mass is 9.93. The second-order valence-electron chi connectivity index (χ2n) is 7.93. The fourth-order valence-corrected chi connectivity index (χ4v) is 5.38. The molecule has 1 N–H and O–H groups in total. The number of nitrogens with zero attached hydrogens (tertiary/aromatic N) is 3. The minimum absolute atomic E-state index is 0.0478. The van der Waals surface area contributed by atoms with Crippen molar-refractivity contribution in [2.24, 2.45) is 7.05 Å². The standard InChI is InChI=1S/C25H20ClN3O2S/c1-13-10-21-24(23(18(13)12-22(30)31)15-4-7-17(26)8-5-15)32-25(27-21)16-6-9-20-19(11-16)14(2)29(3)28-20/h4-11H,12H2,1-3H3,(H,30,31). The minimum atomic E-state index is -0.857. The van der Waals surface area contributed by atoms with E-state index in [-0.39, 0.29) is 6.42 Å². The van der Waals surface area contributed by atoms with Gasteiger partial charge in [0, 0.05) is 34.3 Å². The number of fused-ring (bicyclic) bond motifs is 2. The van der Waals surface area contributed by atoms with Gasteiger partial charge in [-0.25, -0.2) is 4.98 Å². The van der Waals surface area contributed by atoms with E-state index in [4.69, 9.17) is 16.6 Å². The van der Waals surface area contributed by atoms with Gasteiger partial charge in [0.1, 0.15) is 5.01 Å². The third-order valence-corrected chi connectivity index (χ3v) is 7.24. The number of aromatic nitrogens is 3. The van der Waals surface area contributed by atoms with Crippen LogP contribution in [-0.4, -0.2) is 25.8 Å². The number of halogens is 1. The maximum absolute atomic E-state index is 11.6. The molecule has 5 aromatic rings. The van der Waals surface area contributed by atoms with E-state index in [1.807, 2.05) is 61.1 Å². The van der Waals surface area contributed by atoms with E-state index in [1.54, 1.807) is 11.3 Å². The fourth-order valence-electron chi connectivity index (χ4n) is 4.12. The van der Waals surface area contributed by atoms with E-state index in [0.29, 0.717) is 5.02 Å². The molecule has 0 fully saturated rings. The Balaban J connectivity index is 1.76. The van der Waals surface area contributed by atoms with Crippen LogP contribution in [0.1, 0.15) is 16.8 Å². The average Bonchev–Trinajstić information content (AvgIpc) is 3.29. The second kappa shape index (κ2) is 7.73. The predicted octanol–water partition coefficient (Wildman–Crippen LogP) is 6.41. The predicted molar refractivity (Wildman–Crippen MR) is 131 cm³/mol. The van der Waals surface area contributed by atoms with Gasteiger partial charge in [-0.15, -0.1) is 11.3 Å². The van der Waals surface area contributed by atoms with Crippen LogP contribution in [0.5, 0.6) is 0 Å². The van der Waals surface area contributed by atoms with Gasteiger partial charge in [0.05, 0.1) is 22.2 Å². The van der Waals surface area contributed by atoms with Crippen molar-refractivity contribution in [1.82, 2.24) is 14.8 Å². The van der Waals surface area contributed by atoms with Gasteiger partial charge in [0.15, 0.2) is 0 Å². The van der Waals surface area contributed by atoms with Gasteiger partial charge in [0.2, 0.25) is 0 Å². The molecular weight excluding hydrogens is 442 g/mol. The SMILES string of the molecule is Cc1cc2nc(-c3ccc4nn(C)c(C)c4c3)sc2c(-c2ccc(Cl)cc2)c1CC(=O)O. The van der Waals surface area contributed by atoms with E-state index in [0.717, 1.165) is 59.6 Å². The second-order valence-corrected chi connectivity index (χ2v) is 9.37. The van der Waals surface area contributed by atoms with Gasteiger partial charge in [-0.3, -0.25) is 9.48 Å². The summed E-state index contributed by atoms with van der Waals surface area (Å²) < 4.78 is 2.86. The van der Waals surface area contributed by atoms with Crippen molar-refractivity contribution >= 4 is 50.0 Å².